The van der Waals surface area contributed by atoms with Gasteiger partial charge in [0.2, 0.25) is 0 Å². The fourth-order valence-electron chi connectivity index (χ4n) is 2.54. The van der Waals surface area contributed by atoms with E-state index >= 15 is 0 Å². The van der Waals surface area contributed by atoms with E-state index in [2.05, 4.69) is 24.4 Å². The van der Waals surface area contributed by atoms with E-state index in [0.29, 0.717) is 6.04 Å². The molecule has 1 aliphatic rings. The molecule has 0 aliphatic heterocycles. The van der Waals surface area contributed by atoms with Crippen molar-refractivity contribution < 1.29 is 9.84 Å². The fraction of sp³-hybridized carbons (Fsp3) is 0.625. The first-order valence-electron chi connectivity index (χ1n) is 7.41. The van der Waals surface area contributed by atoms with Crippen molar-refractivity contribution in [3.05, 3.63) is 29.8 Å². The molecule has 1 saturated carbocycles. The van der Waals surface area contributed by atoms with Gasteiger partial charge in [0.15, 0.2) is 0 Å². The van der Waals surface area contributed by atoms with Crippen molar-refractivity contribution in [1.29, 1.82) is 0 Å². The van der Waals surface area contributed by atoms with Crippen molar-refractivity contribution in [3.63, 3.8) is 0 Å². The van der Waals surface area contributed by atoms with Crippen molar-refractivity contribution in [2.45, 2.75) is 57.7 Å². The molecule has 0 bridgehead atoms. The topological polar surface area (TPSA) is 41.5 Å². The van der Waals surface area contributed by atoms with Crippen LogP contribution in [0.5, 0.6) is 5.75 Å². The Kier molecular flexibility index (Phi) is 5.67. The lowest BCUT2D eigenvalue weighted by molar-refractivity contribution is 0.111. The number of rotatable bonds is 6. The van der Waals surface area contributed by atoms with Crippen LogP contribution in [0.1, 0.15) is 44.6 Å². The first-order valence-corrected chi connectivity index (χ1v) is 7.41. The van der Waals surface area contributed by atoms with E-state index in [0.717, 1.165) is 44.6 Å². The number of nitrogens with one attached hydrogen (secondary N) is 1. The molecule has 3 nitrogen and oxygen atoms in total. The van der Waals surface area contributed by atoms with Crippen LogP contribution in [0.25, 0.3) is 0 Å². The monoisotopic (exact) mass is 263 g/mol. The number of hydrogen-bond donors (Lipinski definition) is 2. The summed E-state index contributed by atoms with van der Waals surface area (Å²) in [5.74, 6) is 0.943. The van der Waals surface area contributed by atoms with E-state index in [1.807, 2.05) is 12.1 Å². The molecule has 2 N–H and O–H groups in total. The Morgan fingerprint density at radius 1 is 1.26 bits per heavy atom. The Hall–Kier alpha value is -1.06. The molecular formula is C16H25NO2. The summed E-state index contributed by atoms with van der Waals surface area (Å²) in [5.41, 5.74) is 1.27. The quantitative estimate of drug-likeness (QED) is 0.829. The molecule has 0 amide bonds. The normalized spacial score (nSPS) is 23.3. The Balaban J connectivity index is 1.76. The first-order chi connectivity index (χ1) is 9.28. The Labute approximate surface area is 116 Å². The van der Waals surface area contributed by atoms with Crippen molar-refractivity contribution in [1.82, 2.24) is 5.32 Å². The van der Waals surface area contributed by atoms with Gasteiger partial charge in [-0.2, -0.15) is 0 Å². The Bertz CT molecular complexity index is 364. The number of ether oxygens (including phenoxy) is 1. The molecule has 106 valence electrons. The highest BCUT2D eigenvalue weighted by molar-refractivity contribution is 5.27. The van der Waals surface area contributed by atoms with Crippen molar-refractivity contribution in [3.8, 4) is 5.75 Å². The first kappa shape index (κ1) is 14.4. The molecular weight excluding hydrogens is 238 g/mol. The van der Waals surface area contributed by atoms with Crippen LogP contribution < -0.4 is 10.1 Å². The van der Waals surface area contributed by atoms with E-state index in [1.165, 1.54) is 12.0 Å². The average Bonchev–Trinajstić information content (AvgIpc) is 2.44. The molecule has 1 aromatic carbocycles. The standard InChI is InChI=1S/C16H25NO2/c1-2-10-19-16-8-6-13(7-9-16)12-17-14-4-3-5-15(18)11-14/h6-9,14-15,17-18H,2-5,10-12H2,1H3. The maximum atomic E-state index is 9.64. The zero-order valence-electron chi connectivity index (χ0n) is 11.8. The number of aliphatic hydroxyl groups is 1. The third kappa shape index (κ3) is 4.84. The van der Waals surface area contributed by atoms with E-state index in [4.69, 9.17) is 4.74 Å². The third-order valence-electron chi connectivity index (χ3n) is 3.64. The molecule has 0 saturated heterocycles. The highest BCUT2D eigenvalue weighted by atomic mass is 16.5. The molecule has 0 aromatic heterocycles. The minimum atomic E-state index is -0.115. The molecule has 2 unspecified atom stereocenters. The van der Waals surface area contributed by atoms with Crippen LogP contribution in [0.4, 0.5) is 0 Å². The lowest BCUT2D eigenvalue weighted by Gasteiger charge is -2.26. The van der Waals surface area contributed by atoms with Gasteiger partial charge in [0.05, 0.1) is 12.7 Å². The highest BCUT2D eigenvalue weighted by Gasteiger charge is 2.19. The van der Waals surface area contributed by atoms with Crippen LogP contribution in [0, 0.1) is 0 Å². The van der Waals surface area contributed by atoms with Gasteiger partial charge >= 0.3 is 0 Å². The molecule has 1 aromatic rings. The van der Waals surface area contributed by atoms with Crippen LogP contribution in [0.3, 0.4) is 0 Å². The second-order valence-electron chi connectivity index (χ2n) is 5.39. The molecule has 19 heavy (non-hydrogen) atoms. The second-order valence-corrected chi connectivity index (χ2v) is 5.39. The third-order valence-corrected chi connectivity index (χ3v) is 3.64. The van der Waals surface area contributed by atoms with E-state index < -0.39 is 0 Å². The molecule has 2 rings (SSSR count). The minimum Gasteiger partial charge on any atom is -0.494 e. The van der Waals surface area contributed by atoms with E-state index in [9.17, 15) is 5.11 Å². The van der Waals surface area contributed by atoms with Crippen LogP contribution in [-0.4, -0.2) is 23.9 Å². The maximum Gasteiger partial charge on any atom is 0.119 e. The lowest BCUT2D eigenvalue weighted by atomic mass is 9.93. The summed E-state index contributed by atoms with van der Waals surface area (Å²) < 4.78 is 5.57. The minimum absolute atomic E-state index is 0.115. The number of hydrogen-bond acceptors (Lipinski definition) is 3. The fourth-order valence-corrected chi connectivity index (χ4v) is 2.54. The van der Waals surface area contributed by atoms with Crippen molar-refractivity contribution in [2.75, 3.05) is 6.61 Å². The maximum absolute atomic E-state index is 9.64. The van der Waals surface area contributed by atoms with Gasteiger partial charge in [0, 0.05) is 12.6 Å². The molecule has 2 atom stereocenters. The van der Waals surface area contributed by atoms with E-state index in [-0.39, 0.29) is 6.10 Å². The second kappa shape index (κ2) is 7.51. The van der Waals surface area contributed by atoms with Gasteiger partial charge < -0.3 is 15.2 Å². The van der Waals surface area contributed by atoms with Crippen molar-refractivity contribution in [2.24, 2.45) is 0 Å². The van der Waals surface area contributed by atoms with E-state index in [1.54, 1.807) is 0 Å². The predicted octanol–water partition coefficient (Wildman–Crippen LogP) is 2.87. The van der Waals surface area contributed by atoms with Gasteiger partial charge in [-0.1, -0.05) is 19.1 Å². The molecule has 0 spiro atoms. The lowest BCUT2D eigenvalue weighted by Crippen LogP contribution is -2.35. The van der Waals surface area contributed by atoms with Crippen LogP contribution in [0.2, 0.25) is 0 Å². The predicted molar refractivity (Wildman–Crippen MR) is 77.3 cm³/mol. The SMILES string of the molecule is CCCOc1ccc(CNC2CCCC(O)C2)cc1. The number of benzene rings is 1. The van der Waals surface area contributed by atoms with Gasteiger partial charge in [-0.25, -0.2) is 0 Å². The average molecular weight is 263 g/mol. The Morgan fingerprint density at radius 3 is 2.74 bits per heavy atom. The largest absolute Gasteiger partial charge is 0.494 e. The summed E-state index contributed by atoms with van der Waals surface area (Å²) in [5, 5.41) is 13.2. The zero-order valence-corrected chi connectivity index (χ0v) is 11.8. The highest BCUT2D eigenvalue weighted by Crippen LogP contribution is 2.19. The van der Waals surface area contributed by atoms with Crippen LogP contribution in [-0.2, 0) is 6.54 Å². The molecule has 1 fully saturated rings. The smallest absolute Gasteiger partial charge is 0.119 e. The summed E-state index contributed by atoms with van der Waals surface area (Å²) in [6, 6.07) is 8.74. The molecule has 0 radical (unpaired) electrons. The summed E-state index contributed by atoms with van der Waals surface area (Å²) >= 11 is 0. The zero-order chi connectivity index (χ0) is 13.5. The number of aliphatic hydroxyl groups excluding tert-OH is 1. The van der Waals surface area contributed by atoms with Gasteiger partial charge in [-0.3, -0.25) is 0 Å². The summed E-state index contributed by atoms with van der Waals surface area (Å²) in [4.78, 5) is 0. The molecule has 3 heteroatoms. The molecule has 1 aliphatic carbocycles. The summed E-state index contributed by atoms with van der Waals surface area (Å²) in [6.45, 7) is 3.75. The summed E-state index contributed by atoms with van der Waals surface area (Å²) in [7, 11) is 0. The van der Waals surface area contributed by atoms with Gasteiger partial charge in [-0.15, -0.1) is 0 Å². The van der Waals surface area contributed by atoms with Crippen molar-refractivity contribution >= 4 is 0 Å². The Morgan fingerprint density at radius 2 is 2.05 bits per heavy atom. The summed E-state index contributed by atoms with van der Waals surface area (Å²) in [6.07, 6.45) is 5.07. The van der Waals surface area contributed by atoms with Crippen LogP contribution in [0.15, 0.2) is 24.3 Å². The van der Waals surface area contributed by atoms with Crippen LogP contribution >= 0.6 is 0 Å². The van der Waals surface area contributed by atoms with Gasteiger partial charge in [-0.05, 0) is 49.8 Å². The van der Waals surface area contributed by atoms with Gasteiger partial charge in [0.1, 0.15) is 5.75 Å². The van der Waals surface area contributed by atoms with Gasteiger partial charge in [0.25, 0.3) is 0 Å². The molecule has 0 heterocycles.